The molecule has 1 aliphatic heterocycles. The van der Waals surface area contributed by atoms with Crippen molar-refractivity contribution in [1.82, 2.24) is 20.4 Å². The number of hydrogen-bond acceptors (Lipinski definition) is 7. The van der Waals surface area contributed by atoms with Crippen molar-refractivity contribution in [2.24, 2.45) is 0 Å². The largest absolute Gasteiger partial charge is 0.508 e. The number of para-hydroxylation sites is 1. The van der Waals surface area contributed by atoms with Gasteiger partial charge in [-0.2, -0.15) is 0 Å². The molecule has 0 saturated carbocycles. The molecule has 1 aliphatic rings. The summed E-state index contributed by atoms with van der Waals surface area (Å²) in [6.07, 6.45) is 2.49. The Morgan fingerprint density at radius 2 is 1.91 bits per heavy atom. The third-order valence-corrected chi connectivity index (χ3v) is 6.65. The van der Waals surface area contributed by atoms with Gasteiger partial charge in [0.15, 0.2) is 0 Å². The molecule has 2 aromatic carbocycles. The highest BCUT2D eigenvalue weighted by atomic mass is 32.2. The van der Waals surface area contributed by atoms with E-state index >= 15 is 0 Å². The van der Waals surface area contributed by atoms with Crippen LogP contribution in [-0.4, -0.2) is 58.0 Å². The van der Waals surface area contributed by atoms with Crippen LogP contribution in [0.2, 0.25) is 0 Å². The van der Waals surface area contributed by atoms with E-state index in [1.807, 2.05) is 31.2 Å². The molecule has 2 heterocycles. The van der Waals surface area contributed by atoms with Crippen LogP contribution >= 0.6 is 11.8 Å². The van der Waals surface area contributed by atoms with Gasteiger partial charge in [-0.05, 0) is 62.0 Å². The number of phenolic OH excluding ortho intramolecular Hbond substituents is 1. The molecule has 2 N–H and O–H groups in total. The molecule has 1 aromatic heterocycles. The molecular formula is C24H28N4O3S. The fourth-order valence-electron chi connectivity index (χ4n) is 3.83. The number of nitrogens with zero attached hydrogens (tertiary/aromatic N) is 3. The maximum Gasteiger partial charge on any atom is 0.251 e. The van der Waals surface area contributed by atoms with E-state index in [0.717, 1.165) is 36.5 Å². The fourth-order valence-corrected chi connectivity index (χ4v) is 4.78. The van der Waals surface area contributed by atoms with Gasteiger partial charge >= 0.3 is 0 Å². The molecule has 0 bridgehead atoms. The first kappa shape index (κ1) is 22.4. The summed E-state index contributed by atoms with van der Waals surface area (Å²) in [6, 6.07) is 14.4. The highest BCUT2D eigenvalue weighted by molar-refractivity contribution is 7.99. The average Bonchev–Trinajstić information content (AvgIpc) is 3.51. The van der Waals surface area contributed by atoms with Crippen LogP contribution in [0.5, 0.6) is 5.75 Å². The lowest BCUT2D eigenvalue weighted by Gasteiger charge is -2.14. The summed E-state index contributed by atoms with van der Waals surface area (Å²) >= 11 is 1.62. The first-order valence-corrected chi connectivity index (χ1v) is 12.0. The Hall–Kier alpha value is -2.84. The van der Waals surface area contributed by atoms with Crippen molar-refractivity contribution in [1.29, 1.82) is 0 Å². The number of thioether (sulfide) groups is 1. The highest BCUT2D eigenvalue weighted by Crippen LogP contribution is 2.39. The Labute approximate surface area is 192 Å². The van der Waals surface area contributed by atoms with Gasteiger partial charge in [0.1, 0.15) is 11.0 Å². The van der Waals surface area contributed by atoms with Crippen LogP contribution in [0.3, 0.4) is 0 Å². The van der Waals surface area contributed by atoms with E-state index in [1.54, 1.807) is 36.0 Å². The van der Waals surface area contributed by atoms with Gasteiger partial charge in [0.05, 0.1) is 0 Å². The summed E-state index contributed by atoms with van der Waals surface area (Å²) < 4.78 is 5.96. The lowest BCUT2D eigenvalue weighted by Crippen LogP contribution is -2.33. The third kappa shape index (κ3) is 5.31. The molecule has 8 heteroatoms. The topological polar surface area (TPSA) is 91.5 Å². The van der Waals surface area contributed by atoms with Gasteiger partial charge in [0.25, 0.3) is 5.91 Å². The molecule has 0 spiro atoms. The molecular weight excluding hydrogens is 424 g/mol. The molecule has 168 valence electrons. The molecule has 1 amide bonds. The zero-order valence-corrected chi connectivity index (χ0v) is 19.0. The second-order valence-corrected chi connectivity index (χ2v) is 9.10. The summed E-state index contributed by atoms with van der Waals surface area (Å²) in [6.45, 7) is 5.83. The highest BCUT2D eigenvalue weighted by Gasteiger charge is 2.24. The Balaban J connectivity index is 1.42. The van der Waals surface area contributed by atoms with Crippen LogP contribution in [-0.2, 0) is 0 Å². The Bertz CT molecular complexity index is 1030. The van der Waals surface area contributed by atoms with Gasteiger partial charge in [0.2, 0.25) is 11.8 Å². The fraction of sp³-hybridized carbons (Fsp3) is 0.375. The zero-order valence-electron chi connectivity index (χ0n) is 18.2. The van der Waals surface area contributed by atoms with E-state index < -0.39 is 0 Å². The minimum Gasteiger partial charge on any atom is -0.508 e. The van der Waals surface area contributed by atoms with Crippen molar-refractivity contribution in [3.63, 3.8) is 0 Å². The number of rotatable bonds is 9. The maximum absolute atomic E-state index is 12.4. The lowest BCUT2D eigenvalue weighted by atomic mass is 10.1. The van der Waals surface area contributed by atoms with Crippen molar-refractivity contribution in [2.45, 2.75) is 25.0 Å². The average molecular weight is 453 g/mol. The van der Waals surface area contributed by atoms with Crippen LogP contribution in [0.1, 0.15) is 46.8 Å². The molecule has 0 radical (unpaired) electrons. The second-order valence-electron chi connectivity index (χ2n) is 7.72. The minimum atomic E-state index is -0.247. The molecule has 7 nitrogen and oxygen atoms in total. The maximum atomic E-state index is 12.4. The van der Waals surface area contributed by atoms with E-state index in [4.69, 9.17) is 4.42 Å². The number of benzene rings is 2. The van der Waals surface area contributed by atoms with Gasteiger partial charge in [-0.15, -0.1) is 22.0 Å². The standard InChI is InChI=1S/C24H28N4O3S/c1-2-32-21(19-7-3-4-8-20(19)29)24-27-26-23(31-24)18-11-9-17(10-12-18)22(30)25-13-16-28-14-5-6-15-28/h3-4,7-12,21,29H,2,5-6,13-16H2,1H3,(H,25,30). The molecule has 1 fully saturated rings. The summed E-state index contributed by atoms with van der Waals surface area (Å²) in [4.78, 5) is 14.8. The Morgan fingerprint density at radius 3 is 2.62 bits per heavy atom. The first-order valence-electron chi connectivity index (χ1n) is 11.0. The summed E-state index contributed by atoms with van der Waals surface area (Å²) in [5.41, 5.74) is 2.09. The number of amides is 1. The van der Waals surface area contributed by atoms with E-state index in [9.17, 15) is 9.90 Å². The van der Waals surface area contributed by atoms with Gasteiger partial charge in [0, 0.05) is 29.8 Å². The minimum absolute atomic E-state index is 0.0825. The monoisotopic (exact) mass is 452 g/mol. The Kier molecular flexibility index (Phi) is 7.44. The summed E-state index contributed by atoms with van der Waals surface area (Å²) in [7, 11) is 0. The van der Waals surface area contributed by atoms with Crippen LogP contribution in [0, 0.1) is 0 Å². The van der Waals surface area contributed by atoms with Crippen LogP contribution in [0.4, 0.5) is 0 Å². The number of carbonyl (C=O) groups excluding carboxylic acids is 1. The van der Waals surface area contributed by atoms with Gasteiger partial charge < -0.3 is 19.7 Å². The van der Waals surface area contributed by atoms with Crippen LogP contribution in [0.15, 0.2) is 52.9 Å². The number of carbonyl (C=O) groups is 1. The zero-order chi connectivity index (χ0) is 22.3. The molecule has 0 aliphatic carbocycles. The second kappa shape index (κ2) is 10.7. The van der Waals surface area contributed by atoms with Gasteiger partial charge in [-0.25, -0.2) is 0 Å². The summed E-state index contributed by atoms with van der Waals surface area (Å²) in [5, 5.41) is 21.4. The molecule has 3 aromatic rings. The molecule has 1 unspecified atom stereocenters. The molecule has 32 heavy (non-hydrogen) atoms. The van der Waals surface area contributed by atoms with E-state index in [2.05, 4.69) is 20.4 Å². The van der Waals surface area contributed by atoms with Crippen LogP contribution < -0.4 is 5.32 Å². The smallest absolute Gasteiger partial charge is 0.251 e. The number of hydrogen-bond donors (Lipinski definition) is 2. The number of aromatic nitrogens is 2. The van der Waals surface area contributed by atoms with Crippen LogP contribution in [0.25, 0.3) is 11.5 Å². The Morgan fingerprint density at radius 1 is 1.16 bits per heavy atom. The van der Waals surface area contributed by atoms with E-state index in [0.29, 0.717) is 23.9 Å². The summed E-state index contributed by atoms with van der Waals surface area (Å²) in [5.74, 6) is 1.78. The predicted molar refractivity (Wildman–Crippen MR) is 126 cm³/mol. The van der Waals surface area contributed by atoms with Crippen molar-refractivity contribution in [3.05, 3.63) is 65.5 Å². The molecule has 4 rings (SSSR count). The number of aromatic hydroxyl groups is 1. The normalized spacial score (nSPS) is 15.0. The van der Waals surface area contributed by atoms with Crippen molar-refractivity contribution >= 4 is 17.7 Å². The van der Waals surface area contributed by atoms with E-state index in [-0.39, 0.29) is 16.9 Å². The number of likely N-dealkylation sites (tertiary alicyclic amines) is 1. The third-order valence-electron chi connectivity index (χ3n) is 5.52. The van der Waals surface area contributed by atoms with Crippen molar-refractivity contribution < 1.29 is 14.3 Å². The first-order chi connectivity index (χ1) is 15.7. The number of nitrogens with one attached hydrogen (secondary N) is 1. The van der Waals surface area contributed by atoms with Crippen molar-refractivity contribution in [3.8, 4) is 17.2 Å². The van der Waals surface area contributed by atoms with Crippen molar-refractivity contribution in [2.75, 3.05) is 31.9 Å². The predicted octanol–water partition coefficient (Wildman–Crippen LogP) is 4.11. The SMILES string of the molecule is CCSC(c1nnc(-c2ccc(C(=O)NCCN3CCCC3)cc2)o1)c1ccccc1O. The molecule has 1 saturated heterocycles. The quantitative estimate of drug-likeness (QED) is 0.505. The van der Waals surface area contributed by atoms with E-state index in [1.165, 1.54) is 12.8 Å². The molecule has 1 atom stereocenters. The van der Waals surface area contributed by atoms with Gasteiger partial charge in [-0.3, -0.25) is 4.79 Å². The lowest BCUT2D eigenvalue weighted by molar-refractivity contribution is 0.0949. The number of phenols is 1. The van der Waals surface area contributed by atoms with Gasteiger partial charge in [-0.1, -0.05) is 25.1 Å².